The van der Waals surface area contributed by atoms with E-state index >= 15 is 0 Å². The van der Waals surface area contributed by atoms with Crippen molar-refractivity contribution in [2.24, 2.45) is 9.98 Å². The molecule has 0 fully saturated rings. The largest absolute Gasteiger partial charge is 0.398 e. The normalized spacial score (nSPS) is 14.5. The molecule has 3 aromatic carbocycles. The van der Waals surface area contributed by atoms with Crippen molar-refractivity contribution in [1.82, 2.24) is 9.80 Å². The number of nitrogens with two attached hydrogens (primary N) is 1. The Hall–Kier alpha value is -4.37. The SMILES string of the molecule is CN1CCN=C1c1ccc(NC(=O)c2ccc(C(=O)Nc3ccc(C4=NCCN4C)cc3)c(N)c2)cc1.Cl. The van der Waals surface area contributed by atoms with Crippen LogP contribution in [0, 0.1) is 0 Å². The van der Waals surface area contributed by atoms with E-state index in [2.05, 4.69) is 30.4 Å². The minimum atomic E-state index is -0.345. The number of nitrogens with one attached hydrogen (secondary N) is 2. The van der Waals surface area contributed by atoms with E-state index in [-0.39, 0.29) is 29.9 Å². The number of nitrogens with zero attached hydrogens (tertiary/aromatic N) is 4. The van der Waals surface area contributed by atoms with Gasteiger partial charge in [0.1, 0.15) is 11.7 Å². The molecule has 0 aromatic heterocycles. The van der Waals surface area contributed by atoms with Crippen molar-refractivity contribution in [2.75, 3.05) is 56.6 Å². The van der Waals surface area contributed by atoms with Gasteiger partial charge in [-0.3, -0.25) is 19.6 Å². The van der Waals surface area contributed by atoms with Crippen molar-refractivity contribution in [1.29, 1.82) is 0 Å². The Labute approximate surface area is 227 Å². The second-order valence-corrected chi connectivity index (χ2v) is 9.12. The third kappa shape index (κ3) is 5.63. The van der Waals surface area contributed by atoms with Gasteiger partial charge >= 0.3 is 0 Å². The summed E-state index contributed by atoms with van der Waals surface area (Å²) in [4.78, 5) is 38.8. The number of anilines is 3. The molecule has 0 bridgehead atoms. The van der Waals surface area contributed by atoms with Crippen LogP contribution in [0.1, 0.15) is 31.8 Å². The fourth-order valence-corrected chi connectivity index (χ4v) is 4.41. The molecule has 2 amide bonds. The average molecular weight is 532 g/mol. The van der Waals surface area contributed by atoms with E-state index in [1.807, 2.05) is 62.6 Å². The summed E-state index contributed by atoms with van der Waals surface area (Å²) < 4.78 is 0. The summed E-state index contributed by atoms with van der Waals surface area (Å²) in [5.41, 5.74) is 10.4. The van der Waals surface area contributed by atoms with Crippen LogP contribution in [0.4, 0.5) is 17.1 Å². The van der Waals surface area contributed by atoms with E-state index in [1.54, 1.807) is 12.1 Å². The number of amides is 2. The first kappa shape index (κ1) is 26.7. The van der Waals surface area contributed by atoms with Gasteiger partial charge in [-0.1, -0.05) is 0 Å². The summed E-state index contributed by atoms with van der Waals surface area (Å²) in [6.45, 7) is 3.39. The highest BCUT2D eigenvalue weighted by molar-refractivity contribution is 6.10. The topological polar surface area (TPSA) is 115 Å². The number of amidine groups is 2. The van der Waals surface area contributed by atoms with Crippen molar-refractivity contribution in [2.45, 2.75) is 0 Å². The molecule has 196 valence electrons. The lowest BCUT2D eigenvalue weighted by molar-refractivity contribution is 0.101. The lowest BCUT2D eigenvalue weighted by Crippen LogP contribution is -2.23. The number of likely N-dealkylation sites (N-methyl/N-ethyl adjacent to an activating group) is 2. The molecule has 38 heavy (non-hydrogen) atoms. The number of carbonyl (C=O) groups excluding carboxylic acids is 2. The maximum Gasteiger partial charge on any atom is 0.257 e. The van der Waals surface area contributed by atoms with E-state index in [1.165, 1.54) is 6.07 Å². The maximum atomic E-state index is 12.8. The van der Waals surface area contributed by atoms with Crippen LogP contribution in [-0.2, 0) is 0 Å². The molecule has 0 radical (unpaired) electrons. The predicted octanol–water partition coefficient (Wildman–Crippen LogP) is 3.58. The Morgan fingerprint density at radius 3 is 1.63 bits per heavy atom. The average Bonchev–Trinajstić information content (AvgIpc) is 3.52. The first-order valence-corrected chi connectivity index (χ1v) is 12.1. The van der Waals surface area contributed by atoms with Gasteiger partial charge in [-0.2, -0.15) is 0 Å². The van der Waals surface area contributed by atoms with Gasteiger partial charge in [-0.15, -0.1) is 12.4 Å². The zero-order chi connectivity index (χ0) is 25.9. The minimum absolute atomic E-state index is 0. The number of hydrogen-bond donors (Lipinski definition) is 3. The lowest BCUT2D eigenvalue weighted by Gasteiger charge is -2.14. The smallest absolute Gasteiger partial charge is 0.257 e. The molecule has 0 aliphatic carbocycles. The number of benzene rings is 3. The van der Waals surface area contributed by atoms with Crippen LogP contribution in [-0.4, -0.2) is 73.6 Å². The Morgan fingerprint density at radius 1 is 0.737 bits per heavy atom. The van der Waals surface area contributed by atoms with Crippen LogP contribution >= 0.6 is 12.4 Å². The van der Waals surface area contributed by atoms with Gasteiger partial charge in [0, 0.05) is 60.9 Å². The van der Waals surface area contributed by atoms with E-state index < -0.39 is 0 Å². The van der Waals surface area contributed by atoms with Crippen molar-refractivity contribution in [3.8, 4) is 0 Å². The third-order valence-electron chi connectivity index (χ3n) is 6.48. The lowest BCUT2D eigenvalue weighted by atomic mass is 10.1. The molecule has 3 aromatic rings. The van der Waals surface area contributed by atoms with Crippen molar-refractivity contribution in [3.05, 3.63) is 89.0 Å². The molecule has 2 aliphatic heterocycles. The fraction of sp³-hybridized carbons (Fsp3) is 0.214. The van der Waals surface area contributed by atoms with Gasteiger partial charge in [-0.25, -0.2) is 0 Å². The van der Waals surface area contributed by atoms with Crippen LogP contribution < -0.4 is 16.4 Å². The van der Waals surface area contributed by atoms with E-state index in [9.17, 15) is 9.59 Å². The van der Waals surface area contributed by atoms with Gasteiger partial charge in [0.15, 0.2) is 0 Å². The molecule has 2 heterocycles. The molecule has 2 aliphatic rings. The van der Waals surface area contributed by atoms with Crippen LogP contribution in [0.2, 0.25) is 0 Å². The van der Waals surface area contributed by atoms with Gasteiger partial charge < -0.3 is 26.2 Å². The monoisotopic (exact) mass is 531 g/mol. The van der Waals surface area contributed by atoms with E-state index in [4.69, 9.17) is 5.73 Å². The minimum Gasteiger partial charge on any atom is -0.398 e. The predicted molar refractivity (Wildman–Crippen MR) is 155 cm³/mol. The standard InChI is InChI=1S/C28H29N7O2.ClH/c1-34-15-13-30-25(34)18-3-8-21(9-4-18)32-27(36)20-7-12-23(24(29)17-20)28(37)33-22-10-5-19(6-11-22)26-31-14-16-35(26)2;/h3-12,17H,13-16,29H2,1-2H3,(H,32,36)(H,33,37);1H. The Balaban J connectivity index is 0.00000336. The van der Waals surface area contributed by atoms with Crippen molar-refractivity contribution >= 4 is 53.0 Å². The van der Waals surface area contributed by atoms with Gasteiger partial charge in [0.05, 0.1) is 18.7 Å². The number of aliphatic imine (C=N–C) groups is 2. The molecule has 0 saturated carbocycles. The molecule has 5 rings (SSSR count). The number of nitrogen functional groups attached to an aromatic ring is 1. The first-order chi connectivity index (χ1) is 17.9. The van der Waals surface area contributed by atoms with Gasteiger partial charge in [0.25, 0.3) is 11.8 Å². The summed E-state index contributed by atoms with van der Waals surface area (Å²) in [6.07, 6.45) is 0. The fourth-order valence-electron chi connectivity index (χ4n) is 4.41. The molecule has 4 N–H and O–H groups in total. The number of carbonyl (C=O) groups is 2. The highest BCUT2D eigenvalue weighted by Crippen LogP contribution is 2.20. The van der Waals surface area contributed by atoms with Gasteiger partial charge in [-0.05, 0) is 66.7 Å². The second kappa shape index (κ2) is 11.4. The quantitative estimate of drug-likeness (QED) is 0.420. The van der Waals surface area contributed by atoms with Crippen LogP contribution in [0.3, 0.4) is 0 Å². The molecule has 0 unspecified atom stereocenters. The summed E-state index contributed by atoms with van der Waals surface area (Å²) in [5.74, 6) is 1.24. The molecular formula is C28H30ClN7O2. The number of rotatable bonds is 6. The molecule has 0 atom stereocenters. The van der Waals surface area contributed by atoms with Crippen LogP contribution in [0.25, 0.3) is 0 Å². The first-order valence-electron chi connectivity index (χ1n) is 12.1. The highest BCUT2D eigenvalue weighted by atomic mass is 35.5. The van der Waals surface area contributed by atoms with Crippen LogP contribution in [0.15, 0.2) is 76.7 Å². The molecule has 0 spiro atoms. The zero-order valence-corrected chi connectivity index (χ0v) is 22.1. The number of halogens is 1. The third-order valence-corrected chi connectivity index (χ3v) is 6.48. The Bertz CT molecular complexity index is 1400. The Kier molecular flexibility index (Phi) is 7.97. The summed E-state index contributed by atoms with van der Waals surface area (Å²) in [7, 11) is 4.02. The summed E-state index contributed by atoms with van der Waals surface area (Å²) >= 11 is 0. The molecule has 0 saturated heterocycles. The summed E-state index contributed by atoms with van der Waals surface area (Å²) in [5, 5.41) is 5.73. The van der Waals surface area contributed by atoms with Crippen molar-refractivity contribution < 1.29 is 9.59 Å². The highest BCUT2D eigenvalue weighted by Gasteiger charge is 2.17. The van der Waals surface area contributed by atoms with E-state index in [0.717, 1.165) is 49.0 Å². The Morgan fingerprint density at radius 2 is 1.21 bits per heavy atom. The second-order valence-electron chi connectivity index (χ2n) is 9.12. The van der Waals surface area contributed by atoms with Crippen molar-refractivity contribution in [3.63, 3.8) is 0 Å². The summed E-state index contributed by atoms with van der Waals surface area (Å²) in [6, 6.07) is 19.8. The molecular weight excluding hydrogens is 502 g/mol. The molecule has 9 nitrogen and oxygen atoms in total. The van der Waals surface area contributed by atoms with E-state index in [0.29, 0.717) is 22.5 Å². The van der Waals surface area contributed by atoms with Crippen LogP contribution in [0.5, 0.6) is 0 Å². The number of hydrogen-bond acceptors (Lipinski definition) is 7. The maximum absolute atomic E-state index is 12.8. The zero-order valence-electron chi connectivity index (χ0n) is 21.3. The van der Waals surface area contributed by atoms with Gasteiger partial charge in [0.2, 0.25) is 0 Å². The molecule has 10 heteroatoms.